The molecule has 3 rings (SSSR count). The van der Waals surface area contributed by atoms with Crippen molar-refractivity contribution in [2.24, 2.45) is 0 Å². The molecule has 0 radical (unpaired) electrons. The van der Waals surface area contributed by atoms with Gasteiger partial charge >= 0.3 is 0 Å². The van der Waals surface area contributed by atoms with Crippen LogP contribution in [0.2, 0.25) is 0 Å². The van der Waals surface area contributed by atoms with Crippen LogP contribution in [-0.2, 0) is 6.61 Å². The van der Waals surface area contributed by atoms with E-state index in [9.17, 15) is 5.11 Å². The molecule has 0 bridgehead atoms. The molecule has 1 aromatic heterocycles. The summed E-state index contributed by atoms with van der Waals surface area (Å²) in [6.45, 7) is 0.0393. The Labute approximate surface area is 118 Å². The first-order valence-corrected chi connectivity index (χ1v) is 6.58. The molecule has 0 aliphatic carbocycles. The molecular weight excluding hydrogens is 246 g/mol. The molecule has 98 valence electrons. The first-order chi connectivity index (χ1) is 9.86. The van der Waals surface area contributed by atoms with Gasteiger partial charge in [-0.25, -0.2) is 0 Å². The predicted octanol–water partition coefficient (Wildman–Crippen LogP) is 3.91. The lowest BCUT2D eigenvalue weighted by molar-refractivity contribution is 0.282. The molecule has 0 fully saturated rings. The molecular formula is C18H15NO. The van der Waals surface area contributed by atoms with Crippen LogP contribution in [0.1, 0.15) is 5.56 Å². The smallest absolute Gasteiger partial charge is 0.0705 e. The number of benzene rings is 2. The van der Waals surface area contributed by atoms with Gasteiger partial charge in [0, 0.05) is 11.8 Å². The maximum atomic E-state index is 9.17. The topological polar surface area (TPSA) is 33.1 Å². The summed E-state index contributed by atoms with van der Waals surface area (Å²) in [5.41, 5.74) is 5.21. The number of hydrogen-bond acceptors (Lipinski definition) is 2. The standard InChI is InChI=1S/C18H15NO/c20-13-14-10-11-19-18(12-14)17-8-6-16(7-9-17)15-4-2-1-3-5-15/h1-12,20H,13H2. The van der Waals surface area contributed by atoms with Gasteiger partial charge in [-0.3, -0.25) is 4.98 Å². The molecule has 0 unspecified atom stereocenters. The highest BCUT2D eigenvalue weighted by atomic mass is 16.3. The van der Waals surface area contributed by atoms with Crippen LogP contribution in [0.15, 0.2) is 72.9 Å². The molecule has 0 spiro atoms. The zero-order chi connectivity index (χ0) is 13.8. The van der Waals surface area contributed by atoms with Crippen molar-refractivity contribution in [2.45, 2.75) is 6.61 Å². The van der Waals surface area contributed by atoms with Crippen LogP contribution >= 0.6 is 0 Å². The minimum atomic E-state index is 0.0393. The number of aromatic nitrogens is 1. The molecule has 2 heteroatoms. The third-order valence-corrected chi connectivity index (χ3v) is 3.29. The van der Waals surface area contributed by atoms with Gasteiger partial charge in [-0.1, -0.05) is 54.6 Å². The Kier molecular flexibility index (Phi) is 3.57. The van der Waals surface area contributed by atoms with Crippen molar-refractivity contribution in [1.82, 2.24) is 4.98 Å². The number of rotatable bonds is 3. The van der Waals surface area contributed by atoms with Gasteiger partial charge in [0.05, 0.1) is 12.3 Å². The van der Waals surface area contributed by atoms with Crippen LogP contribution in [0.5, 0.6) is 0 Å². The molecule has 0 amide bonds. The highest BCUT2D eigenvalue weighted by molar-refractivity contribution is 5.68. The summed E-state index contributed by atoms with van der Waals surface area (Å²) in [4.78, 5) is 4.35. The molecule has 0 atom stereocenters. The maximum Gasteiger partial charge on any atom is 0.0705 e. The lowest BCUT2D eigenvalue weighted by Crippen LogP contribution is -1.88. The quantitative estimate of drug-likeness (QED) is 0.775. The lowest BCUT2D eigenvalue weighted by atomic mass is 10.0. The van der Waals surface area contributed by atoms with E-state index in [1.807, 2.05) is 30.3 Å². The van der Waals surface area contributed by atoms with Crippen LogP contribution in [0.25, 0.3) is 22.4 Å². The summed E-state index contributed by atoms with van der Waals surface area (Å²) in [6, 6.07) is 22.3. The molecule has 1 N–H and O–H groups in total. The van der Waals surface area contributed by atoms with E-state index in [-0.39, 0.29) is 6.61 Å². The number of hydrogen-bond donors (Lipinski definition) is 1. The van der Waals surface area contributed by atoms with Crippen molar-refractivity contribution in [2.75, 3.05) is 0 Å². The van der Waals surface area contributed by atoms with Gasteiger partial charge in [0.2, 0.25) is 0 Å². The average molecular weight is 261 g/mol. The highest BCUT2D eigenvalue weighted by Crippen LogP contribution is 2.24. The monoisotopic (exact) mass is 261 g/mol. The van der Waals surface area contributed by atoms with Gasteiger partial charge in [-0.2, -0.15) is 0 Å². The Morgan fingerprint density at radius 3 is 2.10 bits per heavy atom. The van der Waals surface area contributed by atoms with Crippen molar-refractivity contribution in [3.05, 3.63) is 78.5 Å². The highest BCUT2D eigenvalue weighted by Gasteiger charge is 2.02. The van der Waals surface area contributed by atoms with Gasteiger partial charge in [0.15, 0.2) is 0 Å². The Hall–Kier alpha value is -2.45. The van der Waals surface area contributed by atoms with E-state index in [0.29, 0.717) is 0 Å². The summed E-state index contributed by atoms with van der Waals surface area (Å²) in [5, 5.41) is 9.17. The summed E-state index contributed by atoms with van der Waals surface area (Å²) >= 11 is 0. The third-order valence-electron chi connectivity index (χ3n) is 3.29. The molecule has 20 heavy (non-hydrogen) atoms. The van der Waals surface area contributed by atoms with E-state index in [2.05, 4.69) is 41.4 Å². The normalized spacial score (nSPS) is 10.4. The summed E-state index contributed by atoms with van der Waals surface area (Å²) in [5.74, 6) is 0. The molecule has 2 aromatic carbocycles. The van der Waals surface area contributed by atoms with E-state index in [4.69, 9.17) is 0 Å². The molecule has 3 aromatic rings. The maximum absolute atomic E-state index is 9.17. The Bertz CT molecular complexity index is 690. The number of aliphatic hydroxyl groups is 1. The van der Waals surface area contributed by atoms with E-state index in [1.165, 1.54) is 11.1 Å². The van der Waals surface area contributed by atoms with Crippen molar-refractivity contribution in [3.63, 3.8) is 0 Å². The van der Waals surface area contributed by atoms with Gasteiger partial charge < -0.3 is 5.11 Å². The second-order valence-corrected chi connectivity index (χ2v) is 4.65. The summed E-state index contributed by atoms with van der Waals surface area (Å²) in [6.07, 6.45) is 1.73. The second kappa shape index (κ2) is 5.68. The number of pyridine rings is 1. The SMILES string of the molecule is OCc1ccnc(-c2ccc(-c3ccccc3)cc2)c1. The average Bonchev–Trinajstić information content (AvgIpc) is 2.56. The third kappa shape index (κ3) is 2.60. The zero-order valence-electron chi connectivity index (χ0n) is 11.0. The number of nitrogens with zero attached hydrogens (tertiary/aromatic N) is 1. The van der Waals surface area contributed by atoms with Gasteiger partial charge in [0.25, 0.3) is 0 Å². The van der Waals surface area contributed by atoms with Crippen LogP contribution < -0.4 is 0 Å². The largest absolute Gasteiger partial charge is 0.392 e. The van der Waals surface area contributed by atoms with Crippen molar-refractivity contribution in [3.8, 4) is 22.4 Å². The van der Waals surface area contributed by atoms with E-state index >= 15 is 0 Å². The van der Waals surface area contributed by atoms with Crippen molar-refractivity contribution < 1.29 is 5.11 Å². The molecule has 0 aliphatic heterocycles. The van der Waals surface area contributed by atoms with Gasteiger partial charge in [0.1, 0.15) is 0 Å². The fourth-order valence-electron chi connectivity index (χ4n) is 2.19. The van der Waals surface area contributed by atoms with E-state index < -0.39 is 0 Å². The van der Waals surface area contributed by atoms with Crippen LogP contribution in [0, 0.1) is 0 Å². The van der Waals surface area contributed by atoms with Crippen LogP contribution in [0.3, 0.4) is 0 Å². The zero-order valence-corrected chi connectivity index (χ0v) is 11.0. The number of aliphatic hydroxyl groups excluding tert-OH is 1. The van der Waals surface area contributed by atoms with Crippen LogP contribution in [0.4, 0.5) is 0 Å². The van der Waals surface area contributed by atoms with E-state index in [0.717, 1.165) is 16.8 Å². The molecule has 1 heterocycles. The first kappa shape index (κ1) is 12.6. The Morgan fingerprint density at radius 1 is 0.750 bits per heavy atom. The summed E-state index contributed by atoms with van der Waals surface area (Å²) < 4.78 is 0. The fourth-order valence-corrected chi connectivity index (χ4v) is 2.19. The minimum absolute atomic E-state index is 0.0393. The predicted molar refractivity (Wildman–Crippen MR) is 81.0 cm³/mol. The van der Waals surface area contributed by atoms with Crippen LogP contribution in [-0.4, -0.2) is 10.1 Å². The van der Waals surface area contributed by atoms with Gasteiger partial charge in [-0.05, 0) is 28.8 Å². The van der Waals surface area contributed by atoms with Gasteiger partial charge in [-0.15, -0.1) is 0 Å². The second-order valence-electron chi connectivity index (χ2n) is 4.65. The first-order valence-electron chi connectivity index (χ1n) is 6.58. The van der Waals surface area contributed by atoms with Crippen molar-refractivity contribution >= 4 is 0 Å². The molecule has 2 nitrogen and oxygen atoms in total. The fraction of sp³-hybridized carbons (Fsp3) is 0.0556. The Morgan fingerprint density at radius 2 is 1.40 bits per heavy atom. The van der Waals surface area contributed by atoms with Crippen molar-refractivity contribution in [1.29, 1.82) is 0 Å². The summed E-state index contributed by atoms with van der Waals surface area (Å²) in [7, 11) is 0. The Balaban J connectivity index is 1.93. The lowest BCUT2D eigenvalue weighted by Gasteiger charge is -2.05. The molecule has 0 aliphatic rings. The minimum Gasteiger partial charge on any atom is -0.392 e. The molecule has 0 saturated carbocycles. The molecule has 0 saturated heterocycles. The van der Waals surface area contributed by atoms with E-state index in [1.54, 1.807) is 6.20 Å².